The molecule has 0 aromatic heterocycles. The van der Waals surface area contributed by atoms with Crippen molar-refractivity contribution in [3.05, 3.63) is 29.3 Å². The number of carbonyl (C=O) groups excluding carboxylic acids is 1. The number of rotatable bonds is 13. The predicted molar refractivity (Wildman–Crippen MR) is 96.1 cm³/mol. The summed E-state index contributed by atoms with van der Waals surface area (Å²) in [5.74, 6) is -1.60. The molecule has 1 rings (SSSR count). The van der Waals surface area contributed by atoms with Crippen LogP contribution in [0.25, 0.3) is 0 Å². The first-order chi connectivity index (χ1) is 11.9. The van der Waals surface area contributed by atoms with Gasteiger partial charge in [0.2, 0.25) is 0 Å². The molecule has 142 valence electrons. The maximum absolute atomic E-state index is 11.5. The smallest absolute Gasteiger partial charge is 0.545 e. The van der Waals surface area contributed by atoms with E-state index in [0.717, 1.165) is 31.7 Å². The monoisotopic (exact) mass is 392 g/mol. The first-order valence-corrected chi connectivity index (χ1v) is 10.6. The fraction of sp³-hybridized carbons (Fsp3) is 0.632. The zero-order valence-corrected chi connectivity index (χ0v) is 18.8. The first-order valence-electron chi connectivity index (χ1n) is 9.18. The first kappa shape index (κ1) is 25.6. The molecule has 0 spiro atoms. The van der Waals surface area contributed by atoms with E-state index in [1.807, 2.05) is 0 Å². The van der Waals surface area contributed by atoms with Gasteiger partial charge in [-0.05, 0) is 18.4 Å². The third-order valence-electron chi connectivity index (χ3n) is 4.37. The van der Waals surface area contributed by atoms with Crippen LogP contribution < -0.4 is 34.7 Å². The van der Waals surface area contributed by atoms with E-state index in [9.17, 15) is 22.9 Å². The number of unbranched alkanes of at least 4 members (excludes halogenated alkanes) is 9. The summed E-state index contributed by atoms with van der Waals surface area (Å²) in [4.78, 5) is 10.6. The molecule has 7 heteroatoms. The molecule has 0 atom stereocenters. The van der Waals surface area contributed by atoms with Crippen molar-refractivity contribution >= 4 is 16.1 Å². The molecule has 0 heterocycles. The minimum absolute atomic E-state index is 0. The molecule has 0 aliphatic carbocycles. The number of aryl methyl sites for hydroxylation is 1. The Hall–Kier alpha value is -0.400. The van der Waals surface area contributed by atoms with Crippen LogP contribution in [0.3, 0.4) is 0 Å². The second-order valence-electron chi connectivity index (χ2n) is 6.49. The van der Waals surface area contributed by atoms with Crippen LogP contribution in [-0.4, -0.2) is 18.9 Å². The summed E-state index contributed by atoms with van der Waals surface area (Å²) >= 11 is 0. The van der Waals surface area contributed by atoms with Crippen molar-refractivity contribution in [1.82, 2.24) is 0 Å². The van der Waals surface area contributed by atoms with Crippen molar-refractivity contribution in [2.75, 3.05) is 0 Å². The molecule has 1 aromatic rings. The van der Waals surface area contributed by atoms with E-state index < -0.39 is 26.5 Å². The molecule has 0 saturated carbocycles. The van der Waals surface area contributed by atoms with Gasteiger partial charge in [0.25, 0.3) is 10.1 Å². The molecule has 5 nitrogen and oxygen atoms in total. The normalized spacial score (nSPS) is 11.2. The molecule has 26 heavy (non-hydrogen) atoms. The summed E-state index contributed by atoms with van der Waals surface area (Å²) in [6.07, 6.45) is 12.0. The van der Waals surface area contributed by atoms with Crippen LogP contribution >= 0.6 is 0 Å². The van der Waals surface area contributed by atoms with Crippen molar-refractivity contribution in [3.8, 4) is 0 Å². The number of carboxylic acids is 1. The van der Waals surface area contributed by atoms with E-state index in [2.05, 4.69) is 6.92 Å². The molecular formula is C19H29NaO5S. The molecule has 1 aromatic carbocycles. The molecule has 0 bridgehead atoms. The van der Waals surface area contributed by atoms with Gasteiger partial charge in [0, 0.05) is 5.56 Å². The summed E-state index contributed by atoms with van der Waals surface area (Å²) in [5.41, 5.74) is -0.143. The third-order valence-corrected chi connectivity index (χ3v) is 5.37. The predicted octanol–water partition coefficient (Wildman–Crippen LogP) is 0.764. The number of hydrogen-bond acceptors (Lipinski definition) is 4. The summed E-state index contributed by atoms with van der Waals surface area (Å²) < 4.78 is 32.4. The van der Waals surface area contributed by atoms with Crippen molar-refractivity contribution in [2.45, 2.75) is 82.4 Å². The van der Waals surface area contributed by atoms with Gasteiger partial charge >= 0.3 is 29.6 Å². The van der Waals surface area contributed by atoms with Gasteiger partial charge in [-0.1, -0.05) is 82.9 Å². The summed E-state index contributed by atoms with van der Waals surface area (Å²) in [5, 5.41) is 11.1. The standard InChI is InChI=1S/C19H30O5S.Na/c1-2-3-4-5-6-7-8-9-10-11-13-16-14-12-15-17(19(20)21)18(16)25(22,23)24;/h12,14-15H,2-11,13H2,1H3,(H,20,21)(H,22,23,24);/q;+1/p-1. The molecule has 0 unspecified atom stereocenters. The van der Waals surface area contributed by atoms with E-state index in [1.165, 1.54) is 44.6 Å². The van der Waals surface area contributed by atoms with Crippen LogP contribution in [0.1, 0.15) is 87.1 Å². The summed E-state index contributed by atoms with van der Waals surface area (Å²) in [6, 6.07) is 4.16. The maximum atomic E-state index is 11.5. The Morgan fingerprint density at radius 2 is 1.46 bits per heavy atom. The number of carboxylic acid groups (broad SMARTS) is 1. The van der Waals surface area contributed by atoms with Crippen LogP contribution in [0, 0.1) is 0 Å². The fourth-order valence-electron chi connectivity index (χ4n) is 3.05. The van der Waals surface area contributed by atoms with Gasteiger partial charge in [0.15, 0.2) is 0 Å². The van der Waals surface area contributed by atoms with Gasteiger partial charge in [0.05, 0.1) is 5.97 Å². The number of carbonyl (C=O) groups is 1. The average Bonchev–Trinajstić information content (AvgIpc) is 2.55. The van der Waals surface area contributed by atoms with E-state index in [1.54, 1.807) is 6.07 Å². The van der Waals surface area contributed by atoms with Crippen LogP contribution in [0.5, 0.6) is 0 Å². The zero-order valence-electron chi connectivity index (χ0n) is 16.0. The molecule has 0 saturated heterocycles. The van der Waals surface area contributed by atoms with Gasteiger partial charge in [-0.3, -0.25) is 4.55 Å². The molecule has 1 N–H and O–H groups in total. The second kappa shape index (κ2) is 13.7. The van der Waals surface area contributed by atoms with Crippen molar-refractivity contribution < 1.29 is 52.4 Å². The van der Waals surface area contributed by atoms with Crippen LogP contribution in [0.15, 0.2) is 23.1 Å². The van der Waals surface area contributed by atoms with Crippen molar-refractivity contribution in [2.24, 2.45) is 0 Å². The third kappa shape index (κ3) is 9.51. The number of hydrogen-bond donors (Lipinski definition) is 1. The molecule has 0 aliphatic rings. The zero-order chi connectivity index (χ0) is 18.7. The minimum atomic E-state index is -4.59. The van der Waals surface area contributed by atoms with Crippen molar-refractivity contribution in [3.63, 3.8) is 0 Å². The Balaban J connectivity index is 0.00000625. The Labute approximate surface area is 179 Å². The maximum Gasteiger partial charge on any atom is 1.00 e. The second-order valence-corrected chi connectivity index (χ2v) is 7.85. The fourth-order valence-corrected chi connectivity index (χ4v) is 3.98. The van der Waals surface area contributed by atoms with Gasteiger partial charge in [-0.15, -0.1) is 0 Å². The van der Waals surface area contributed by atoms with E-state index in [4.69, 9.17) is 0 Å². The number of aromatic carboxylic acids is 1. The van der Waals surface area contributed by atoms with E-state index >= 15 is 0 Å². The van der Waals surface area contributed by atoms with Gasteiger partial charge in [-0.25, -0.2) is 0 Å². The Morgan fingerprint density at radius 3 is 1.92 bits per heavy atom. The largest absolute Gasteiger partial charge is 1.00 e. The Kier molecular flexibility index (Phi) is 13.5. The number of benzene rings is 1. The average molecular weight is 392 g/mol. The molecule has 0 amide bonds. The SMILES string of the molecule is CCCCCCCCCCCCc1cccc(C(=O)[O-])c1S(=O)(=O)O.[Na+]. The summed E-state index contributed by atoms with van der Waals surface area (Å²) in [7, 11) is -4.59. The van der Waals surface area contributed by atoms with Crippen LogP contribution in [0.2, 0.25) is 0 Å². The van der Waals surface area contributed by atoms with E-state index in [0.29, 0.717) is 12.0 Å². The molecular weight excluding hydrogens is 363 g/mol. The quantitative estimate of drug-likeness (QED) is 0.304. The van der Waals surface area contributed by atoms with E-state index in [-0.39, 0.29) is 29.6 Å². The van der Waals surface area contributed by atoms with Crippen molar-refractivity contribution in [1.29, 1.82) is 0 Å². The van der Waals surface area contributed by atoms with Crippen LogP contribution in [0.4, 0.5) is 0 Å². The van der Waals surface area contributed by atoms with Gasteiger partial charge in [0.1, 0.15) is 4.90 Å². The topological polar surface area (TPSA) is 94.5 Å². The summed E-state index contributed by atoms with van der Waals surface area (Å²) in [6.45, 7) is 2.20. The molecule has 0 fully saturated rings. The Morgan fingerprint density at radius 1 is 0.962 bits per heavy atom. The minimum Gasteiger partial charge on any atom is -0.545 e. The molecule has 0 radical (unpaired) electrons. The van der Waals surface area contributed by atoms with Gasteiger partial charge < -0.3 is 9.90 Å². The molecule has 0 aliphatic heterocycles. The van der Waals surface area contributed by atoms with Gasteiger partial charge in [-0.2, -0.15) is 8.42 Å². The Bertz CT molecular complexity index is 643. The van der Waals surface area contributed by atoms with Crippen LogP contribution in [-0.2, 0) is 16.5 Å².